The third-order valence-electron chi connectivity index (χ3n) is 3.48. The first-order chi connectivity index (χ1) is 9.71. The molecule has 3 rings (SSSR count). The molecule has 0 aliphatic carbocycles. The van der Waals surface area contributed by atoms with Gasteiger partial charge in [-0.15, -0.1) is 11.8 Å². The van der Waals surface area contributed by atoms with Crippen molar-refractivity contribution in [2.45, 2.75) is 27.2 Å². The maximum Gasteiger partial charge on any atom is 0.120 e. The molecular weight excluding hydrogens is 288 g/mol. The molecule has 104 valence electrons. The highest BCUT2D eigenvalue weighted by atomic mass is 32.2. The maximum atomic E-state index is 10.5. The molecule has 1 aliphatic rings. The van der Waals surface area contributed by atoms with Gasteiger partial charge in [-0.05, 0) is 47.7 Å². The van der Waals surface area contributed by atoms with Crippen LogP contribution in [0.2, 0.25) is 0 Å². The summed E-state index contributed by atoms with van der Waals surface area (Å²) in [6.07, 6.45) is 2.26. The van der Waals surface area contributed by atoms with Crippen LogP contribution >= 0.6 is 23.5 Å². The van der Waals surface area contributed by atoms with Crippen LogP contribution in [0.3, 0.4) is 0 Å². The molecule has 1 unspecified atom stereocenters. The number of benzene rings is 2. The Labute approximate surface area is 127 Å². The Morgan fingerprint density at radius 2 is 2.05 bits per heavy atom. The number of hydrogen-bond donors (Lipinski definition) is 1. The largest absolute Gasteiger partial charge is 0.497 e. The van der Waals surface area contributed by atoms with E-state index in [0.29, 0.717) is 6.42 Å². The number of fused-ring (bicyclic) bond motifs is 2. The third kappa shape index (κ3) is 2.55. The molecule has 1 heterocycles. The van der Waals surface area contributed by atoms with E-state index < -0.39 is 6.10 Å². The van der Waals surface area contributed by atoms with Gasteiger partial charge in [0.1, 0.15) is 5.75 Å². The molecule has 0 bridgehead atoms. The summed E-state index contributed by atoms with van der Waals surface area (Å²) < 4.78 is 5.29. The van der Waals surface area contributed by atoms with Crippen molar-refractivity contribution in [1.82, 2.24) is 0 Å². The van der Waals surface area contributed by atoms with Crippen molar-refractivity contribution in [2.75, 3.05) is 13.4 Å². The van der Waals surface area contributed by atoms with E-state index in [4.69, 9.17) is 4.74 Å². The molecule has 1 aliphatic heterocycles. The minimum absolute atomic E-state index is 0.445. The number of ether oxygens (including phenoxy) is 1. The zero-order valence-corrected chi connectivity index (χ0v) is 13.1. The van der Waals surface area contributed by atoms with E-state index in [0.717, 1.165) is 16.2 Å². The van der Waals surface area contributed by atoms with Gasteiger partial charge in [0, 0.05) is 21.1 Å². The number of rotatable bonds is 2. The average Bonchev–Trinajstić information content (AvgIpc) is 2.62. The van der Waals surface area contributed by atoms with Crippen LogP contribution in [0, 0.1) is 0 Å². The molecule has 0 amide bonds. The summed E-state index contributed by atoms with van der Waals surface area (Å²) in [6.45, 7) is 0. The first-order valence-corrected chi connectivity index (χ1v) is 8.46. The molecule has 0 aromatic heterocycles. The predicted molar refractivity (Wildman–Crippen MR) is 84.0 cm³/mol. The Bertz CT molecular complexity index is 640. The van der Waals surface area contributed by atoms with Gasteiger partial charge in [-0.3, -0.25) is 0 Å². The lowest BCUT2D eigenvalue weighted by Gasteiger charge is -2.12. The molecule has 1 N–H and O–H groups in total. The fourth-order valence-electron chi connectivity index (χ4n) is 2.37. The molecule has 4 heteroatoms. The van der Waals surface area contributed by atoms with Crippen molar-refractivity contribution < 1.29 is 9.84 Å². The van der Waals surface area contributed by atoms with E-state index in [1.165, 1.54) is 15.4 Å². The zero-order valence-electron chi connectivity index (χ0n) is 11.4. The maximum absolute atomic E-state index is 10.5. The van der Waals surface area contributed by atoms with Crippen molar-refractivity contribution in [1.29, 1.82) is 0 Å². The van der Waals surface area contributed by atoms with Gasteiger partial charge in [0.25, 0.3) is 0 Å². The Kier molecular flexibility index (Phi) is 3.96. The minimum Gasteiger partial charge on any atom is -0.497 e. The van der Waals surface area contributed by atoms with Gasteiger partial charge in [-0.25, -0.2) is 0 Å². The fourth-order valence-corrected chi connectivity index (χ4v) is 3.96. The van der Waals surface area contributed by atoms with Crippen molar-refractivity contribution in [3.8, 4) is 5.75 Å². The van der Waals surface area contributed by atoms with Crippen molar-refractivity contribution >= 4 is 23.5 Å². The highest BCUT2D eigenvalue weighted by Crippen LogP contribution is 2.42. The normalized spacial score (nSPS) is 17.1. The van der Waals surface area contributed by atoms with Crippen LogP contribution in [0.4, 0.5) is 0 Å². The number of aliphatic hydroxyl groups is 1. The SMILES string of the molecule is COc1ccc2c(c1)Sc1ccc(SC)cc1C(O)C2. The Hall–Kier alpha value is -1.10. The van der Waals surface area contributed by atoms with Gasteiger partial charge in [0.15, 0.2) is 0 Å². The standard InChI is InChI=1S/C16H16O2S2/c1-18-11-4-3-10-7-14(17)13-9-12(19-2)5-6-15(13)20-16(10)8-11/h3-6,8-9,14,17H,7H2,1-2H3. The second kappa shape index (κ2) is 5.72. The van der Waals surface area contributed by atoms with E-state index in [9.17, 15) is 5.11 Å². The van der Waals surface area contributed by atoms with Gasteiger partial charge in [-0.1, -0.05) is 17.8 Å². The molecule has 2 aromatic rings. The third-order valence-corrected chi connectivity index (χ3v) is 5.40. The smallest absolute Gasteiger partial charge is 0.120 e. The molecular formula is C16H16O2S2. The van der Waals surface area contributed by atoms with Crippen LogP contribution in [-0.2, 0) is 6.42 Å². The second-order valence-electron chi connectivity index (χ2n) is 4.70. The van der Waals surface area contributed by atoms with Crippen LogP contribution < -0.4 is 4.74 Å². The number of thioether (sulfide) groups is 1. The summed E-state index contributed by atoms with van der Waals surface area (Å²) in [4.78, 5) is 3.48. The number of methoxy groups -OCH3 is 1. The van der Waals surface area contributed by atoms with Crippen molar-refractivity contribution in [3.05, 3.63) is 47.5 Å². The second-order valence-corrected chi connectivity index (χ2v) is 6.66. The van der Waals surface area contributed by atoms with E-state index >= 15 is 0 Å². The summed E-state index contributed by atoms with van der Waals surface area (Å²) >= 11 is 3.41. The van der Waals surface area contributed by atoms with Gasteiger partial charge in [0.05, 0.1) is 13.2 Å². The van der Waals surface area contributed by atoms with E-state index in [-0.39, 0.29) is 0 Å². The van der Waals surface area contributed by atoms with E-state index in [1.54, 1.807) is 30.6 Å². The Morgan fingerprint density at radius 3 is 2.80 bits per heavy atom. The van der Waals surface area contributed by atoms with Crippen LogP contribution in [0.25, 0.3) is 0 Å². The lowest BCUT2D eigenvalue weighted by molar-refractivity contribution is 0.175. The molecule has 2 aromatic carbocycles. The molecule has 1 atom stereocenters. The molecule has 0 saturated carbocycles. The first kappa shape index (κ1) is 13.9. The molecule has 0 spiro atoms. The minimum atomic E-state index is -0.445. The van der Waals surface area contributed by atoms with Crippen LogP contribution in [-0.4, -0.2) is 18.5 Å². The summed E-state index contributed by atoms with van der Waals surface area (Å²) in [5.74, 6) is 0.856. The summed E-state index contributed by atoms with van der Waals surface area (Å²) in [7, 11) is 1.68. The van der Waals surface area contributed by atoms with Gasteiger partial charge in [0.2, 0.25) is 0 Å². The fraction of sp³-hybridized carbons (Fsp3) is 0.250. The van der Waals surface area contributed by atoms with Crippen LogP contribution in [0.1, 0.15) is 17.2 Å². The van der Waals surface area contributed by atoms with E-state index in [2.05, 4.69) is 24.5 Å². The number of hydrogen-bond acceptors (Lipinski definition) is 4. The molecule has 0 radical (unpaired) electrons. The van der Waals surface area contributed by atoms with Crippen LogP contribution in [0.15, 0.2) is 51.1 Å². The summed E-state index contributed by atoms with van der Waals surface area (Å²) in [5, 5.41) is 10.5. The van der Waals surface area contributed by atoms with Gasteiger partial charge in [-0.2, -0.15) is 0 Å². The van der Waals surface area contributed by atoms with Crippen LogP contribution in [0.5, 0.6) is 5.75 Å². The summed E-state index contributed by atoms with van der Waals surface area (Å²) in [5.41, 5.74) is 2.20. The molecule has 20 heavy (non-hydrogen) atoms. The van der Waals surface area contributed by atoms with Gasteiger partial charge >= 0.3 is 0 Å². The average molecular weight is 304 g/mol. The van der Waals surface area contributed by atoms with Crippen molar-refractivity contribution in [2.24, 2.45) is 0 Å². The lowest BCUT2D eigenvalue weighted by Crippen LogP contribution is -2.01. The predicted octanol–water partition coefficient (Wildman–Crippen LogP) is 4.16. The monoisotopic (exact) mass is 304 g/mol. The first-order valence-electron chi connectivity index (χ1n) is 6.42. The van der Waals surface area contributed by atoms with Crippen molar-refractivity contribution in [3.63, 3.8) is 0 Å². The van der Waals surface area contributed by atoms with Gasteiger partial charge < -0.3 is 9.84 Å². The number of aliphatic hydroxyl groups excluding tert-OH is 1. The highest BCUT2D eigenvalue weighted by molar-refractivity contribution is 7.99. The quantitative estimate of drug-likeness (QED) is 0.844. The lowest BCUT2D eigenvalue weighted by atomic mass is 10.0. The topological polar surface area (TPSA) is 29.5 Å². The Balaban J connectivity index is 2.07. The Morgan fingerprint density at radius 1 is 1.20 bits per heavy atom. The molecule has 2 nitrogen and oxygen atoms in total. The zero-order chi connectivity index (χ0) is 14.1. The highest BCUT2D eigenvalue weighted by Gasteiger charge is 2.21. The van der Waals surface area contributed by atoms with E-state index in [1.807, 2.05) is 18.2 Å². The molecule has 0 fully saturated rings. The molecule has 0 saturated heterocycles. The summed E-state index contributed by atoms with van der Waals surface area (Å²) in [6, 6.07) is 12.4.